The zero-order valence-corrected chi connectivity index (χ0v) is 25.4. The molecule has 0 fully saturated rings. The summed E-state index contributed by atoms with van der Waals surface area (Å²) in [6.07, 6.45) is -0.738. The van der Waals surface area contributed by atoms with Crippen LogP contribution in [0, 0.1) is 20.8 Å². The molecular weight excluding hydrogens is 522 g/mol. The van der Waals surface area contributed by atoms with Gasteiger partial charge in [-0.1, -0.05) is 53.1 Å². The van der Waals surface area contributed by atoms with E-state index >= 15 is 0 Å². The maximum atomic E-state index is 14.1. The van der Waals surface area contributed by atoms with Gasteiger partial charge in [-0.15, -0.1) is 0 Å². The highest BCUT2D eigenvalue weighted by Gasteiger charge is 2.42. The summed E-state index contributed by atoms with van der Waals surface area (Å²) in [6, 6.07) is 9.07. The van der Waals surface area contributed by atoms with Gasteiger partial charge in [-0.2, -0.15) is 12.6 Å². The highest BCUT2D eigenvalue weighted by molar-refractivity contribution is 7.80. The number of hydrogen-bond donors (Lipinski definition) is 3. The molecule has 2 aromatic carbocycles. The molecule has 0 aromatic heterocycles. The van der Waals surface area contributed by atoms with Crippen LogP contribution in [0.4, 0.5) is 10.5 Å². The number of para-hydroxylation sites is 1. The van der Waals surface area contributed by atoms with Gasteiger partial charge in [-0.05, 0) is 79.5 Å². The third-order valence-corrected chi connectivity index (χ3v) is 6.35. The molecule has 7 nitrogen and oxygen atoms in total. The second-order valence-corrected chi connectivity index (χ2v) is 12.3. The zero-order chi connectivity index (χ0) is 29.0. The van der Waals surface area contributed by atoms with Crippen molar-refractivity contribution in [1.82, 2.24) is 10.2 Å². The lowest BCUT2D eigenvalue weighted by Crippen LogP contribution is -2.58. The van der Waals surface area contributed by atoms with E-state index in [2.05, 4.69) is 23.3 Å². The third-order valence-electron chi connectivity index (χ3n) is 5.67. The van der Waals surface area contributed by atoms with Gasteiger partial charge in [-0.3, -0.25) is 9.59 Å². The van der Waals surface area contributed by atoms with E-state index in [0.717, 1.165) is 16.7 Å². The quantitative estimate of drug-likeness (QED) is 0.342. The molecule has 0 aliphatic heterocycles. The molecule has 2 rings (SSSR count). The summed E-state index contributed by atoms with van der Waals surface area (Å²) in [7, 11) is 0. The molecule has 2 atom stereocenters. The monoisotopic (exact) mass is 561 g/mol. The highest BCUT2D eigenvalue weighted by atomic mass is 35.5. The van der Waals surface area contributed by atoms with Crippen LogP contribution in [0.15, 0.2) is 36.4 Å². The van der Waals surface area contributed by atoms with Gasteiger partial charge in [0.15, 0.2) is 0 Å². The predicted octanol–water partition coefficient (Wildman–Crippen LogP) is 6.40. The first-order chi connectivity index (χ1) is 17.4. The largest absolute Gasteiger partial charge is 0.444 e. The van der Waals surface area contributed by atoms with Crippen molar-refractivity contribution in [3.05, 3.63) is 63.7 Å². The van der Waals surface area contributed by atoms with E-state index < -0.39 is 41.1 Å². The minimum atomic E-state index is -1.03. The summed E-state index contributed by atoms with van der Waals surface area (Å²) < 4.78 is 5.37. The van der Waals surface area contributed by atoms with Crippen LogP contribution in [-0.4, -0.2) is 45.7 Å². The van der Waals surface area contributed by atoms with E-state index in [-0.39, 0.29) is 5.75 Å². The Bertz CT molecular complexity index is 1150. The fourth-order valence-electron chi connectivity index (χ4n) is 4.22. The maximum absolute atomic E-state index is 14.1. The number of carbonyl (C=O) groups is 3. The summed E-state index contributed by atoms with van der Waals surface area (Å²) in [6.45, 7) is 16.5. The number of benzene rings is 2. The molecule has 208 valence electrons. The zero-order valence-electron chi connectivity index (χ0n) is 23.7. The average molecular weight is 562 g/mol. The van der Waals surface area contributed by atoms with Crippen LogP contribution in [0.3, 0.4) is 0 Å². The van der Waals surface area contributed by atoms with E-state index in [4.69, 9.17) is 16.3 Å². The number of nitrogens with one attached hydrogen (secondary N) is 2. The molecule has 0 saturated heterocycles. The van der Waals surface area contributed by atoms with Gasteiger partial charge in [-0.25, -0.2) is 4.79 Å². The van der Waals surface area contributed by atoms with E-state index in [1.807, 2.05) is 65.8 Å². The van der Waals surface area contributed by atoms with Crippen molar-refractivity contribution in [1.29, 1.82) is 0 Å². The normalized spacial score (nSPS) is 13.3. The molecule has 3 amide bonds. The van der Waals surface area contributed by atoms with Crippen molar-refractivity contribution in [3.8, 4) is 0 Å². The third kappa shape index (κ3) is 8.40. The number of carbonyl (C=O) groups excluding carboxylic acids is 3. The van der Waals surface area contributed by atoms with Crippen LogP contribution < -0.4 is 10.6 Å². The average Bonchev–Trinajstić information content (AvgIpc) is 2.75. The predicted molar refractivity (Wildman–Crippen MR) is 157 cm³/mol. The van der Waals surface area contributed by atoms with Gasteiger partial charge in [0.2, 0.25) is 5.91 Å². The lowest BCUT2D eigenvalue weighted by Gasteiger charge is -2.43. The number of hydrogen-bond acceptors (Lipinski definition) is 5. The van der Waals surface area contributed by atoms with Crippen LogP contribution in [0.25, 0.3) is 0 Å². The Morgan fingerprint density at radius 2 is 1.58 bits per heavy atom. The molecule has 0 bridgehead atoms. The molecule has 9 heteroatoms. The Labute approximate surface area is 237 Å². The first kappa shape index (κ1) is 31.5. The molecule has 2 aromatic rings. The molecule has 0 aliphatic rings. The number of aryl methyl sites for hydroxylation is 3. The molecule has 38 heavy (non-hydrogen) atoms. The number of amides is 3. The lowest BCUT2D eigenvalue weighted by atomic mass is 9.93. The number of ether oxygens (including phenoxy) is 1. The fourth-order valence-corrected chi connectivity index (χ4v) is 4.73. The van der Waals surface area contributed by atoms with Crippen LogP contribution in [0.1, 0.15) is 69.8 Å². The second kappa shape index (κ2) is 12.4. The van der Waals surface area contributed by atoms with Gasteiger partial charge in [0, 0.05) is 11.3 Å². The van der Waals surface area contributed by atoms with Gasteiger partial charge in [0.1, 0.15) is 17.7 Å². The molecular formula is C29H40ClN3O4S. The Morgan fingerprint density at radius 3 is 2.05 bits per heavy atom. The van der Waals surface area contributed by atoms with Crippen molar-refractivity contribution in [2.45, 2.75) is 85.5 Å². The summed E-state index contributed by atoms with van der Waals surface area (Å²) in [5.74, 6) is -0.881. The van der Waals surface area contributed by atoms with Crippen LogP contribution >= 0.6 is 24.2 Å². The molecule has 0 saturated carbocycles. The van der Waals surface area contributed by atoms with Crippen LogP contribution in [0.2, 0.25) is 5.02 Å². The summed E-state index contributed by atoms with van der Waals surface area (Å²) >= 11 is 10.8. The minimum Gasteiger partial charge on any atom is -0.444 e. The number of thiol groups is 1. The number of nitrogens with zero attached hydrogens (tertiary/aromatic N) is 1. The lowest BCUT2D eigenvalue weighted by molar-refractivity contribution is -0.146. The Hall–Kier alpha value is -2.71. The van der Waals surface area contributed by atoms with Gasteiger partial charge in [0.25, 0.3) is 5.91 Å². The van der Waals surface area contributed by atoms with Crippen molar-refractivity contribution < 1.29 is 19.1 Å². The molecule has 0 aliphatic carbocycles. The Kier molecular flexibility index (Phi) is 10.3. The summed E-state index contributed by atoms with van der Waals surface area (Å²) in [5.41, 5.74) is 2.25. The van der Waals surface area contributed by atoms with E-state index in [1.165, 1.54) is 4.90 Å². The topological polar surface area (TPSA) is 87.7 Å². The maximum Gasteiger partial charge on any atom is 0.408 e. The van der Waals surface area contributed by atoms with Crippen molar-refractivity contribution in [3.63, 3.8) is 0 Å². The van der Waals surface area contributed by atoms with E-state index in [0.29, 0.717) is 16.3 Å². The summed E-state index contributed by atoms with van der Waals surface area (Å²) in [5, 5.41) is 5.98. The van der Waals surface area contributed by atoms with Gasteiger partial charge < -0.3 is 20.3 Å². The standard InChI is InChI=1S/C29H40ClN3O4S/c1-17-13-18(2)15-20(14-17)24(25(34)32-23-19(3)11-10-12-21(23)30)33(28(4,5)6)26(35)22(16-38)31-27(36)37-29(7,8)9/h10-15,22,24,38H,16H2,1-9H3,(H,31,36)(H,32,34). The van der Waals surface area contributed by atoms with E-state index in [9.17, 15) is 14.4 Å². The molecule has 0 spiro atoms. The molecule has 2 N–H and O–H groups in total. The SMILES string of the molecule is Cc1cc(C)cc(C(C(=O)Nc2c(C)cccc2Cl)N(C(=O)C(CS)NC(=O)OC(C)(C)C)C(C)(C)C)c1. The summed E-state index contributed by atoms with van der Waals surface area (Å²) in [4.78, 5) is 42.2. The van der Waals surface area contributed by atoms with Crippen molar-refractivity contribution in [2.75, 3.05) is 11.1 Å². The second-order valence-electron chi connectivity index (χ2n) is 11.5. The number of halogens is 1. The smallest absolute Gasteiger partial charge is 0.408 e. The van der Waals surface area contributed by atoms with Crippen molar-refractivity contribution in [2.24, 2.45) is 0 Å². The van der Waals surface area contributed by atoms with Crippen LogP contribution in [-0.2, 0) is 14.3 Å². The van der Waals surface area contributed by atoms with Crippen molar-refractivity contribution >= 4 is 47.8 Å². The number of rotatable bonds is 7. The highest BCUT2D eigenvalue weighted by Crippen LogP contribution is 2.34. The molecule has 2 unspecified atom stereocenters. The minimum absolute atomic E-state index is 0.00939. The fraction of sp³-hybridized carbons (Fsp3) is 0.483. The van der Waals surface area contributed by atoms with Crippen LogP contribution in [0.5, 0.6) is 0 Å². The van der Waals surface area contributed by atoms with Gasteiger partial charge >= 0.3 is 6.09 Å². The first-order valence-electron chi connectivity index (χ1n) is 12.5. The van der Waals surface area contributed by atoms with E-state index in [1.54, 1.807) is 32.9 Å². The Morgan fingerprint density at radius 1 is 1.00 bits per heavy atom. The number of alkyl carbamates (subject to hydrolysis) is 1. The molecule has 0 radical (unpaired) electrons. The number of anilines is 1. The molecule has 0 heterocycles. The van der Waals surface area contributed by atoms with Gasteiger partial charge in [0.05, 0.1) is 10.7 Å². The Balaban J connectivity index is 2.63. The first-order valence-corrected chi connectivity index (χ1v) is 13.5.